The second-order valence-electron chi connectivity index (χ2n) is 5.84. The van der Waals surface area contributed by atoms with Gasteiger partial charge in [-0.2, -0.15) is 4.98 Å². The Labute approximate surface area is 129 Å². The van der Waals surface area contributed by atoms with Gasteiger partial charge >= 0.3 is 0 Å². The molecular weight excluding hydrogens is 274 g/mol. The number of hydrogen-bond acceptors (Lipinski definition) is 4. The van der Waals surface area contributed by atoms with Crippen molar-refractivity contribution < 1.29 is 4.52 Å². The quantitative estimate of drug-likeness (QED) is 0.743. The number of rotatable bonds is 3. The predicted molar refractivity (Wildman–Crippen MR) is 85.4 cm³/mol. The highest BCUT2D eigenvalue weighted by molar-refractivity contribution is 5.67. The first-order valence-corrected chi connectivity index (χ1v) is 7.48. The normalized spacial score (nSPS) is 20.0. The van der Waals surface area contributed by atoms with Crippen LogP contribution in [0.25, 0.3) is 11.4 Å². The maximum Gasteiger partial charge on any atom is 0.230 e. The lowest BCUT2D eigenvalue weighted by atomic mass is 10.1. The van der Waals surface area contributed by atoms with E-state index < -0.39 is 0 Å². The molecular formula is C18H17N3O. The summed E-state index contributed by atoms with van der Waals surface area (Å²) in [5.74, 6) is 2.19. The van der Waals surface area contributed by atoms with Gasteiger partial charge in [0.25, 0.3) is 0 Å². The van der Waals surface area contributed by atoms with Crippen LogP contribution in [0.5, 0.6) is 0 Å². The van der Waals surface area contributed by atoms with Crippen molar-refractivity contribution in [2.24, 2.45) is 0 Å². The molecule has 1 saturated carbocycles. The van der Waals surface area contributed by atoms with E-state index in [1.807, 2.05) is 31.2 Å². The van der Waals surface area contributed by atoms with Gasteiger partial charge in [-0.05, 0) is 36.5 Å². The molecule has 3 aromatic rings. The maximum atomic E-state index is 5.95. The Hall–Kier alpha value is -2.62. The van der Waals surface area contributed by atoms with Crippen LogP contribution >= 0.6 is 0 Å². The first kappa shape index (κ1) is 13.1. The lowest BCUT2D eigenvalue weighted by Crippen LogP contribution is -1.93. The van der Waals surface area contributed by atoms with Crippen LogP contribution in [0.4, 0.5) is 5.69 Å². The largest absolute Gasteiger partial charge is 0.398 e. The molecule has 1 aromatic heterocycles. The molecule has 0 saturated heterocycles. The monoisotopic (exact) mass is 291 g/mol. The Balaban J connectivity index is 1.60. The van der Waals surface area contributed by atoms with E-state index in [-0.39, 0.29) is 0 Å². The molecule has 4 nitrogen and oxygen atoms in total. The van der Waals surface area contributed by atoms with E-state index in [1.54, 1.807) is 0 Å². The van der Waals surface area contributed by atoms with Crippen molar-refractivity contribution in [3.05, 3.63) is 65.5 Å². The van der Waals surface area contributed by atoms with E-state index in [0.29, 0.717) is 17.7 Å². The summed E-state index contributed by atoms with van der Waals surface area (Å²) in [6.07, 6.45) is 1.07. The lowest BCUT2D eigenvalue weighted by Gasteiger charge is -2.03. The van der Waals surface area contributed by atoms with Gasteiger partial charge in [0.1, 0.15) is 0 Å². The van der Waals surface area contributed by atoms with Crippen molar-refractivity contribution in [2.45, 2.75) is 25.2 Å². The van der Waals surface area contributed by atoms with Gasteiger partial charge in [0, 0.05) is 17.2 Å². The van der Waals surface area contributed by atoms with Crippen LogP contribution in [-0.2, 0) is 0 Å². The first-order valence-electron chi connectivity index (χ1n) is 7.48. The fourth-order valence-electron chi connectivity index (χ4n) is 2.93. The summed E-state index contributed by atoms with van der Waals surface area (Å²) in [5, 5.41) is 4.14. The Morgan fingerprint density at radius 2 is 1.86 bits per heavy atom. The SMILES string of the molecule is Cc1c(N)cccc1-c1noc(C2CC2c2ccccc2)n1. The van der Waals surface area contributed by atoms with E-state index in [0.717, 1.165) is 29.1 Å². The molecule has 2 aromatic carbocycles. The second kappa shape index (κ2) is 4.98. The Morgan fingerprint density at radius 1 is 1.05 bits per heavy atom. The van der Waals surface area contributed by atoms with Gasteiger partial charge in [-0.15, -0.1) is 0 Å². The van der Waals surface area contributed by atoms with Crippen molar-refractivity contribution >= 4 is 5.69 Å². The number of hydrogen-bond donors (Lipinski definition) is 1. The number of anilines is 1. The molecule has 0 aliphatic heterocycles. The van der Waals surface area contributed by atoms with Crippen molar-refractivity contribution in [3.63, 3.8) is 0 Å². The zero-order valence-corrected chi connectivity index (χ0v) is 12.4. The fourth-order valence-corrected chi connectivity index (χ4v) is 2.93. The lowest BCUT2D eigenvalue weighted by molar-refractivity contribution is 0.378. The van der Waals surface area contributed by atoms with E-state index in [9.17, 15) is 0 Å². The minimum Gasteiger partial charge on any atom is -0.398 e. The Bertz CT molecular complexity index is 810. The first-order chi connectivity index (χ1) is 10.7. The molecule has 2 atom stereocenters. The van der Waals surface area contributed by atoms with Crippen molar-refractivity contribution in [1.82, 2.24) is 10.1 Å². The van der Waals surface area contributed by atoms with Crippen LogP contribution in [0.1, 0.15) is 35.3 Å². The third-order valence-electron chi connectivity index (χ3n) is 4.39. The average Bonchev–Trinajstić information content (AvgIpc) is 3.21. The fraction of sp³-hybridized carbons (Fsp3) is 0.222. The number of benzene rings is 2. The van der Waals surface area contributed by atoms with E-state index in [1.165, 1.54) is 5.56 Å². The van der Waals surface area contributed by atoms with Crippen LogP contribution in [0.2, 0.25) is 0 Å². The third-order valence-corrected chi connectivity index (χ3v) is 4.39. The van der Waals surface area contributed by atoms with E-state index in [4.69, 9.17) is 10.3 Å². The standard InChI is InChI=1S/C18H17N3O/c1-11-13(8-5-9-16(11)19)17-20-18(22-21-17)15-10-14(15)12-6-3-2-4-7-12/h2-9,14-15H,10,19H2,1H3. The van der Waals surface area contributed by atoms with Crippen LogP contribution in [-0.4, -0.2) is 10.1 Å². The van der Waals surface area contributed by atoms with Gasteiger partial charge in [0.05, 0.1) is 0 Å². The van der Waals surface area contributed by atoms with E-state index >= 15 is 0 Å². The molecule has 1 aliphatic carbocycles. The Kier molecular flexibility index (Phi) is 2.96. The predicted octanol–water partition coefficient (Wildman–Crippen LogP) is 3.90. The Morgan fingerprint density at radius 3 is 2.68 bits per heavy atom. The van der Waals surface area contributed by atoms with Gasteiger partial charge in [-0.25, -0.2) is 0 Å². The summed E-state index contributed by atoms with van der Waals surface area (Å²) >= 11 is 0. The summed E-state index contributed by atoms with van der Waals surface area (Å²) in [5.41, 5.74) is 9.96. The molecule has 2 N–H and O–H groups in total. The van der Waals surface area contributed by atoms with E-state index in [2.05, 4.69) is 34.4 Å². The molecule has 4 heteroatoms. The minimum absolute atomic E-state index is 0.338. The zero-order chi connectivity index (χ0) is 15.1. The van der Waals surface area contributed by atoms with Crippen molar-refractivity contribution in [2.75, 3.05) is 5.73 Å². The number of aromatic nitrogens is 2. The minimum atomic E-state index is 0.338. The summed E-state index contributed by atoms with van der Waals surface area (Å²) < 4.78 is 5.49. The highest BCUT2D eigenvalue weighted by Gasteiger charge is 2.43. The summed E-state index contributed by atoms with van der Waals surface area (Å²) in [7, 11) is 0. The van der Waals surface area contributed by atoms with Crippen LogP contribution < -0.4 is 5.73 Å². The third kappa shape index (κ3) is 2.17. The molecule has 0 amide bonds. The van der Waals surface area contributed by atoms with Gasteiger partial charge < -0.3 is 10.3 Å². The second-order valence-corrected chi connectivity index (χ2v) is 5.84. The zero-order valence-electron chi connectivity index (χ0n) is 12.4. The summed E-state index contributed by atoms with van der Waals surface area (Å²) in [6, 6.07) is 16.3. The highest BCUT2D eigenvalue weighted by atomic mass is 16.5. The molecule has 22 heavy (non-hydrogen) atoms. The molecule has 0 spiro atoms. The number of nitrogen functional groups attached to an aromatic ring is 1. The molecule has 1 heterocycles. The molecule has 0 radical (unpaired) electrons. The van der Waals surface area contributed by atoms with Gasteiger partial charge in [-0.3, -0.25) is 0 Å². The van der Waals surface area contributed by atoms with Crippen molar-refractivity contribution in [3.8, 4) is 11.4 Å². The van der Waals surface area contributed by atoms with Crippen molar-refractivity contribution in [1.29, 1.82) is 0 Å². The van der Waals surface area contributed by atoms with Gasteiger partial charge in [0.2, 0.25) is 11.7 Å². The molecule has 0 bridgehead atoms. The smallest absolute Gasteiger partial charge is 0.230 e. The topological polar surface area (TPSA) is 64.9 Å². The highest BCUT2D eigenvalue weighted by Crippen LogP contribution is 2.54. The van der Waals surface area contributed by atoms with Crippen LogP contribution in [0.3, 0.4) is 0 Å². The maximum absolute atomic E-state index is 5.95. The summed E-state index contributed by atoms with van der Waals surface area (Å²) in [4.78, 5) is 4.59. The van der Waals surface area contributed by atoms with Gasteiger partial charge in [0.15, 0.2) is 0 Å². The number of nitrogens with two attached hydrogens (primary N) is 1. The van der Waals surface area contributed by atoms with Gasteiger partial charge in [-0.1, -0.05) is 47.6 Å². The molecule has 1 aliphatic rings. The number of nitrogens with zero attached hydrogens (tertiary/aromatic N) is 2. The molecule has 2 unspecified atom stereocenters. The molecule has 4 rings (SSSR count). The molecule has 1 fully saturated rings. The van der Waals surface area contributed by atoms with Crippen LogP contribution in [0, 0.1) is 6.92 Å². The average molecular weight is 291 g/mol. The van der Waals surface area contributed by atoms with Crippen LogP contribution in [0.15, 0.2) is 53.1 Å². The molecule has 110 valence electrons. The summed E-state index contributed by atoms with van der Waals surface area (Å²) in [6.45, 7) is 1.98.